The fourth-order valence-corrected chi connectivity index (χ4v) is 3.41. The molecule has 0 unspecified atom stereocenters. The number of halogens is 1. The summed E-state index contributed by atoms with van der Waals surface area (Å²) in [5, 5.41) is 5.87. The number of thiocarbonyl (C=S) groups is 1. The van der Waals surface area contributed by atoms with E-state index < -0.39 is 0 Å². The number of amides is 1. The van der Waals surface area contributed by atoms with Crippen molar-refractivity contribution in [2.24, 2.45) is 0 Å². The Morgan fingerprint density at radius 3 is 2.21 bits per heavy atom. The lowest BCUT2D eigenvalue weighted by Gasteiger charge is -2.15. The topological polar surface area (TPSA) is 68.8 Å². The minimum absolute atomic E-state index is 0.0616. The van der Waals surface area contributed by atoms with Crippen LogP contribution in [0.4, 0.5) is 5.69 Å². The van der Waals surface area contributed by atoms with Gasteiger partial charge in [-0.05, 0) is 80.7 Å². The fourth-order valence-electron chi connectivity index (χ4n) is 2.84. The van der Waals surface area contributed by atoms with Crippen molar-refractivity contribution < 1.29 is 19.0 Å². The van der Waals surface area contributed by atoms with E-state index >= 15 is 0 Å². The van der Waals surface area contributed by atoms with Crippen LogP contribution in [0.2, 0.25) is 0 Å². The molecule has 1 amide bonds. The molecule has 0 saturated heterocycles. The molecule has 0 aromatic heterocycles. The van der Waals surface area contributed by atoms with Crippen LogP contribution in [0.1, 0.15) is 24.2 Å². The highest BCUT2D eigenvalue weighted by molar-refractivity contribution is 9.10. The van der Waals surface area contributed by atoms with E-state index in [2.05, 4.69) is 26.6 Å². The summed E-state index contributed by atoms with van der Waals surface area (Å²) in [4.78, 5) is 12.7. The van der Waals surface area contributed by atoms with Crippen LogP contribution in [0, 0.1) is 0 Å². The van der Waals surface area contributed by atoms with Crippen molar-refractivity contribution in [2.75, 3.05) is 18.5 Å². The molecule has 3 aromatic rings. The van der Waals surface area contributed by atoms with E-state index in [-0.39, 0.29) is 17.1 Å². The number of carbonyl (C=O) groups excluding carboxylic acids is 1. The Morgan fingerprint density at radius 1 is 0.939 bits per heavy atom. The van der Waals surface area contributed by atoms with Gasteiger partial charge in [0.1, 0.15) is 30.5 Å². The Morgan fingerprint density at radius 2 is 1.58 bits per heavy atom. The molecule has 0 atom stereocenters. The van der Waals surface area contributed by atoms with Gasteiger partial charge < -0.3 is 19.5 Å². The van der Waals surface area contributed by atoms with Gasteiger partial charge in [0.05, 0.1) is 11.7 Å². The van der Waals surface area contributed by atoms with E-state index in [1.54, 1.807) is 12.1 Å². The van der Waals surface area contributed by atoms with Crippen LogP contribution in [0.3, 0.4) is 0 Å². The number of benzene rings is 3. The van der Waals surface area contributed by atoms with Crippen LogP contribution in [0.25, 0.3) is 0 Å². The van der Waals surface area contributed by atoms with Gasteiger partial charge >= 0.3 is 0 Å². The molecule has 8 heteroatoms. The Hall–Kier alpha value is -3.10. The van der Waals surface area contributed by atoms with Gasteiger partial charge in [0.25, 0.3) is 5.91 Å². The highest BCUT2D eigenvalue weighted by Gasteiger charge is 2.16. The average molecular weight is 529 g/mol. The van der Waals surface area contributed by atoms with Gasteiger partial charge in [-0.1, -0.05) is 34.1 Å². The summed E-state index contributed by atoms with van der Waals surface area (Å²) in [5.74, 6) is 1.65. The van der Waals surface area contributed by atoms with Gasteiger partial charge in [-0.15, -0.1) is 0 Å². The first-order valence-electron chi connectivity index (χ1n) is 10.4. The molecule has 0 spiro atoms. The van der Waals surface area contributed by atoms with Crippen LogP contribution >= 0.6 is 28.1 Å². The first-order valence-corrected chi connectivity index (χ1v) is 11.6. The summed E-state index contributed by atoms with van der Waals surface area (Å²) in [7, 11) is 0. The van der Waals surface area contributed by atoms with Crippen molar-refractivity contribution in [1.29, 1.82) is 0 Å². The maximum atomic E-state index is 12.7. The summed E-state index contributed by atoms with van der Waals surface area (Å²) < 4.78 is 17.8. The Labute approximate surface area is 207 Å². The zero-order valence-corrected chi connectivity index (χ0v) is 20.7. The lowest BCUT2D eigenvalue weighted by atomic mass is 10.2. The summed E-state index contributed by atoms with van der Waals surface area (Å²) in [6.45, 7) is 4.67. The fraction of sp³-hybridized carbons (Fsp3) is 0.200. The van der Waals surface area contributed by atoms with E-state index in [1.165, 1.54) is 0 Å². The van der Waals surface area contributed by atoms with Gasteiger partial charge in [-0.2, -0.15) is 0 Å². The third kappa shape index (κ3) is 8.07. The average Bonchev–Trinajstić information content (AvgIpc) is 2.79. The van der Waals surface area contributed by atoms with Crippen LogP contribution in [-0.4, -0.2) is 30.3 Å². The predicted octanol–water partition coefficient (Wildman–Crippen LogP) is 5.82. The Bertz CT molecular complexity index is 1080. The van der Waals surface area contributed by atoms with Gasteiger partial charge in [0.15, 0.2) is 5.11 Å². The summed E-state index contributed by atoms with van der Waals surface area (Å²) in [6, 6.07) is 22.1. The summed E-state index contributed by atoms with van der Waals surface area (Å²) >= 11 is 8.69. The van der Waals surface area contributed by atoms with Crippen LogP contribution < -0.4 is 24.8 Å². The monoisotopic (exact) mass is 528 g/mol. The standard InChI is InChI=1S/C25H25BrN2O4S/c1-17(2)32-23-13-8-18(26)16-22(23)24(29)28-25(33)27-19-9-11-21(12-10-19)31-15-14-30-20-6-4-3-5-7-20/h3-13,16-17H,14-15H2,1-2H3,(H2,27,28,29,33). The van der Waals surface area contributed by atoms with E-state index in [4.69, 9.17) is 26.4 Å². The number of rotatable bonds is 9. The maximum absolute atomic E-state index is 12.7. The van der Waals surface area contributed by atoms with Gasteiger partial charge in [-0.25, -0.2) is 0 Å². The SMILES string of the molecule is CC(C)Oc1ccc(Br)cc1C(=O)NC(=S)Nc1ccc(OCCOc2ccccc2)cc1. The highest BCUT2D eigenvalue weighted by Crippen LogP contribution is 2.24. The number of nitrogens with one attached hydrogen (secondary N) is 2. The van der Waals surface area contributed by atoms with E-state index in [9.17, 15) is 4.79 Å². The van der Waals surface area contributed by atoms with Gasteiger partial charge in [0.2, 0.25) is 0 Å². The molecule has 0 bridgehead atoms. The molecular weight excluding hydrogens is 504 g/mol. The second-order valence-corrected chi connectivity index (χ2v) is 8.57. The van der Waals surface area contributed by atoms with Crippen LogP contribution in [-0.2, 0) is 0 Å². The maximum Gasteiger partial charge on any atom is 0.261 e. The van der Waals surface area contributed by atoms with Crippen molar-refractivity contribution >= 4 is 44.9 Å². The molecule has 0 aliphatic carbocycles. The van der Waals surface area contributed by atoms with Crippen molar-refractivity contribution in [3.63, 3.8) is 0 Å². The van der Waals surface area contributed by atoms with E-state index in [0.29, 0.717) is 30.3 Å². The van der Waals surface area contributed by atoms with E-state index in [1.807, 2.05) is 74.5 Å². The summed E-state index contributed by atoms with van der Waals surface area (Å²) in [6.07, 6.45) is -0.0616. The molecule has 0 aliphatic rings. The smallest absolute Gasteiger partial charge is 0.261 e. The molecule has 0 fully saturated rings. The Balaban J connectivity index is 1.48. The highest BCUT2D eigenvalue weighted by atomic mass is 79.9. The Kier molecular flexibility index (Phi) is 9.09. The molecule has 3 rings (SSSR count). The van der Waals surface area contributed by atoms with Crippen LogP contribution in [0.5, 0.6) is 17.2 Å². The predicted molar refractivity (Wildman–Crippen MR) is 137 cm³/mol. The van der Waals surface area contributed by atoms with Gasteiger partial charge in [-0.3, -0.25) is 10.1 Å². The van der Waals surface area contributed by atoms with E-state index in [0.717, 1.165) is 15.9 Å². The molecule has 172 valence electrons. The second-order valence-electron chi connectivity index (χ2n) is 7.25. The number of carbonyl (C=O) groups is 1. The summed E-state index contributed by atoms with van der Waals surface area (Å²) in [5.41, 5.74) is 1.12. The molecule has 0 saturated carbocycles. The second kappa shape index (κ2) is 12.2. The number of anilines is 1. The normalized spacial score (nSPS) is 10.4. The number of para-hydroxylation sites is 1. The third-order valence-electron chi connectivity index (χ3n) is 4.25. The quantitative estimate of drug-likeness (QED) is 0.269. The molecule has 0 heterocycles. The minimum atomic E-state index is -0.359. The number of hydrogen-bond donors (Lipinski definition) is 2. The lowest BCUT2D eigenvalue weighted by Crippen LogP contribution is -2.34. The molecule has 6 nitrogen and oxygen atoms in total. The van der Waals surface area contributed by atoms with Crippen molar-refractivity contribution in [3.8, 4) is 17.2 Å². The zero-order valence-electron chi connectivity index (χ0n) is 18.3. The van der Waals surface area contributed by atoms with Crippen molar-refractivity contribution in [2.45, 2.75) is 20.0 Å². The molecular formula is C25H25BrN2O4S. The zero-order chi connectivity index (χ0) is 23.6. The molecule has 0 radical (unpaired) electrons. The first-order chi connectivity index (χ1) is 15.9. The van der Waals surface area contributed by atoms with Crippen molar-refractivity contribution in [1.82, 2.24) is 5.32 Å². The van der Waals surface area contributed by atoms with Gasteiger partial charge in [0, 0.05) is 10.2 Å². The molecule has 0 aliphatic heterocycles. The molecule has 33 heavy (non-hydrogen) atoms. The largest absolute Gasteiger partial charge is 0.490 e. The minimum Gasteiger partial charge on any atom is -0.490 e. The number of ether oxygens (including phenoxy) is 3. The molecule has 2 N–H and O–H groups in total. The van der Waals surface area contributed by atoms with Crippen LogP contribution in [0.15, 0.2) is 77.3 Å². The third-order valence-corrected chi connectivity index (χ3v) is 4.95. The lowest BCUT2D eigenvalue weighted by molar-refractivity contribution is 0.0972. The molecule has 3 aromatic carbocycles. The first kappa shape index (κ1) is 24.5. The van der Waals surface area contributed by atoms with Crippen molar-refractivity contribution in [3.05, 3.63) is 82.8 Å². The number of hydrogen-bond acceptors (Lipinski definition) is 5.